The number of aromatic nitrogens is 2. The second-order valence-corrected chi connectivity index (χ2v) is 14.5. The summed E-state index contributed by atoms with van der Waals surface area (Å²) in [7, 11) is 0. The maximum absolute atomic E-state index is 13.8. The van der Waals surface area contributed by atoms with Crippen molar-refractivity contribution < 1.29 is 14.6 Å². The number of phenols is 1. The van der Waals surface area contributed by atoms with Crippen molar-refractivity contribution in [2.24, 2.45) is 0 Å². The number of ether oxygens (including phenoxy) is 1. The monoisotopic (exact) mass is 776 g/mol. The number of H-pyrrole nitrogens is 1. The van der Waals surface area contributed by atoms with E-state index in [0.29, 0.717) is 39.4 Å². The average Bonchev–Trinajstić information content (AvgIpc) is 3.44. The molecular formula is C39H48Cl4N4O4. The van der Waals surface area contributed by atoms with Gasteiger partial charge in [-0.25, -0.2) is 4.68 Å². The number of phenolic OH excluding ortho intramolecular Hbond substituents is 1. The van der Waals surface area contributed by atoms with E-state index in [1.165, 1.54) is 67.8 Å². The molecule has 0 aliphatic rings. The molecule has 3 aromatic carbocycles. The van der Waals surface area contributed by atoms with E-state index in [4.69, 9.17) is 51.1 Å². The molecule has 4 N–H and O–H groups in total. The van der Waals surface area contributed by atoms with Gasteiger partial charge in [-0.15, -0.1) is 0 Å². The van der Waals surface area contributed by atoms with Crippen LogP contribution in [0.3, 0.4) is 0 Å². The van der Waals surface area contributed by atoms with Crippen LogP contribution in [-0.4, -0.2) is 26.9 Å². The maximum atomic E-state index is 13.8. The number of carbonyl (C=O) groups is 1. The van der Waals surface area contributed by atoms with Gasteiger partial charge in [-0.05, 0) is 79.8 Å². The van der Waals surface area contributed by atoms with Gasteiger partial charge >= 0.3 is 0 Å². The van der Waals surface area contributed by atoms with Crippen molar-refractivity contribution in [3.63, 3.8) is 0 Å². The number of aryl methyl sites for hydroxylation is 1. The van der Waals surface area contributed by atoms with Crippen LogP contribution in [0.5, 0.6) is 11.5 Å². The number of amides is 1. The Kier molecular flexibility index (Phi) is 16.4. The highest BCUT2D eigenvalue weighted by Gasteiger charge is 2.22. The molecule has 12 heteroatoms. The summed E-state index contributed by atoms with van der Waals surface area (Å²) in [6.07, 6.45) is 14.3. The van der Waals surface area contributed by atoms with Crippen molar-refractivity contribution in [1.82, 2.24) is 9.78 Å². The Hall–Kier alpha value is -3.30. The lowest BCUT2D eigenvalue weighted by molar-refractivity contribution is -0.123. The molecule has 4 aromatic rings. The number of halogens is 4. The molecule has 0 fully saturated rings. The van der Waals surface area contributed by atoms with Crippen molar-refractivity contribution >= 4 is 69.5 Å². The standard InChI is InChI=1S/C39H48Cl4N4O4/c1-3-5-7-8-9-10-11-12-13-14-16-35(51-29-18-20-34(48)26(21-29)15-6-4-2)39(50)44-28-17-19-30(41)33(24-28)45-36-25-37(49)47(46-36)38-31(42)22-27(40)23-32(38)43/h17-25,35,45-46,48H,3-16H2,1-2H3,(H,44,50). The molecule has 0 saturated carbocycles. The number of rotatable bonds is 21. The summed E-state index contributed by atoms with van der Waals surface area (Å²) < 4.78 is 7.51. The van der Waals surface area contributed by atoms with Gasteiger partial charge in [-0.2, -0.15) is 0 Å². The molecule has 1 heterocycles. The van der Waals surface area contributed by atoms with Gasteiger partial charge in [0.1, 0.15) is 23.0 Å². The van der Waals surface area contributed by atoms with E-state index < -0.39 is 11.7 Å². The van der Waals surface area contributed by atoms with Crippen LogP contribution < -0.4 is 20.9 Å². The summed E-state index contributed by atoms with van der Waals surface area (Å²) >= 11 is 25.3. The van der Waals surface area contributed by atoms with Crippen molar-refractivity contribution in [3.05, 3.63) is 90.6 Å². The van der Waals surface area contributed by atoms with Gasteiger partial charge in [0.15, 0.2) is 6.10 Å². The summed E-state index contributed by atoms with van der Waals surface area (Å²) in [5.74, 6) is 0.789. The van der Waals surface area contributed by atoms with E-state index in [1.807, 2.05) is 6.07 Å². The van der Waals surface area contributed by atoms with Crippen molar-refractivity contribution in [1.29, 1.82) is 0 Å². The van der Waals surface area contributed by atoms with Crippen LogP contribution in [0.1, 0.15) is 103 Å². The first-order valence-electron chi connectivity index (χ1n) is 17.9. The highest BCUT2D eigenvalue weighted by molar-refractivity contribution is 6.40. The average molecular weight is 779 g/mol. The zero-order valence-electron chi connectivity index (χ0n) is 29.3. The number of nitrogens with zero attached hydrogens (tertiary/aromatic N) is 1. The Morgan fingerprint density at radius 3 is 2.12 bits per heavy atom. The fourth-order valence-electron chi connectivity index (χ4n) is 5.87. The molecule has 0 bridgehead atoms. The number of nitrogens with one attached hydrogen (secondary N) is 3. The highest BCUT2D eigenvalue weighted by Crippen LogP contribution is 2.33. The van der Waals surface area contributed by atoms with Crippen LogP contribution in [0.25, 0.3) is 5.69 Å². The van der Waals surface area contributed by atoms with E-state index in [9.17, 15) is 14.7 Å². The van der Waals surface area contributed by atoms with Crippen LogP contribution >= 0.6 is 46.4 Å². The Balaban J connectivity index is 1.45. The molecule has 1 aromatic heterocycles. The summed E-state index contributed by atoms with van der Waals surface area (Å²) in [6, 6.07) is 14.5. The molecule has 0 aliphatic heterocycles. The number of anilines is 3. The molecule has 51 heavy (non-hydrogen) atoms. The number of aromatic amines is 1. The topological polar surface area (TPSA) is 108 Å². The quantitative estimate of drug-likeness (QED) is 0.0630. The Bertz CT molecular complexity index is 1770. The largest absolute Gasteiger partial charge is 0.508 e. The van der Waals surface area contributed by atoms with E-state index in [1.54, 1.807) is 30.3 Å². The van der Waals surface area contributed by atoms with E-state index in [2.05, 4.69) is 29.6 Å². The fourth-order valence-corrected chi connectivity index (χ4v) is 7.02. The first-order chi connectivity index (χ1) is 24.6. The first kappa shape index (κ1) is 40.5. The van der Waals surface area contributed by atoms with Crippen molar-refractivity contribution in [3.8, 4) is 17.2 Å². The molecule has 0 radical (unpaired) electrons. The lowest BCUT2D eigenvalue weighted by Crippen LogP contribution is -2.33. The minimum absolute atomic E-state index is 0.199. The number of aromatic hydroxyl groups is 1. The van der Waals surface area contributed by atoms with Gasteiger partial charge in [0, 0.05) is 16.8 Å². The third-order valence-corrected chi connectivity index (χ3v) is 9.79. The van der Waals surface area contributed by atoms with Crippen LogP contribution in [0.15, 0.2) is 59.4 Å². The van der Waals surface area contributed by atoms with Crippen LogP contribution in [0.4, 0.5) is 17.2 Å². The van der Waals surface area contributed by atoms with Gasteiger partial charge in [0.05, 0.1) is 20.8 Å². The molecule has 4 rings (SSSR count). The third kappa shape index (κ3) is 12.4. The molecule has 1 atom stereocenters. The van der Waals surface area contributed by atoms with Gasteiger partial charge in [-0.3, -0.25) is 14.7 Å². The lowest BCUT2D eigenvalue weighted by Gasteiger charge is -2.20. The lowest BCUT2D eigenvalue weighted by atomic mass is 10.0. The van der Waals surface area contributed by atoms with Gasteiger partial charge in [-0.1, -0.05) is 124 Å². The predicted octanol–water partition coefficient (Wildman–Crippen LogP) is 12.3. The van der Waals surface area contributed by atoms with Crippen molar-refractivity contribution in [2.75, 3.05) is 10.6 Å². The van der Waals surface area contributed by atoms with E-state index in [-0.39, 0.29) is 27.4 Å². The van der Waals surface area contributed by atoms with E-state index in [0.717, 1.165) is 44.1 Å². The number of hydrogen-bond donors (Lipinski definition) is 4. The predicted molar refractivity (Wildman–Crippen MR) is 212 cm³/mol. The normalized spacial score (nSPS) is 11.8. The van der Waals surface area contributed by atoms with Crippen molar-refractivity contribution in [2.45, 2.75) is 110 Å². The van der Waals surface area contributed by atoms with Crippen LogP contribution in [0.2, 0.25) is 20.1 Å². The molecule has 0 aliphatic carbocycles. The first-order valence-corrected chi connectivity index (χ1v) is 19.4. The van der Waals surface area contributed by atoms with Crippen LogP contribution in [-0.2, 0) is 11.2 Å². The minimum Gasteiger partial charge on any atom is -0.508 e. The minimum atomic E-state index is -0.756. The summed E-state index contributed by atoms with van der Waals surface area (Å²) in [5.41, 5.74) is 1.58. The molecule has 0 spiro atoms. The fraction of sp³-hybridized carbons (Fsp3) is 0.436. The van der Waals surface area contributed by atoms with Gasteiger partial charge < -0.3 is 20.5 Å². The Morgan fingerprint density at radius 2 is 1.45 bits per heavy atom. The third-order valence-electron chi connectivity index (χ3n) is 8.67. The number of benzene rings is 3. The highest BCUT2D eigenvalue weighted by atomic mass is 35.5. The summed E-state index contributed by atoms with van der Waals surface area (Å²) in [5, 5.41) is 20.5. The number of hydrogen-bond acceptors (Lipinski definition) is 5. The van der Waals surface area contributed by atoms with E-state index >= 15 is 0 Å². The SMILES string of the molecule is CCCCCCCCCCCCC(Oc1ccc(O)c(CCCC)c1)C(=O)Nc1ccc(Cl)c(Nc2cc(=O)n(-c3c(Cl)cc(Cl)cc3Cl)[nH]2)c1. The van der Waals surface area contributed by atoms with Crippen LogP contribution in [0, 0.1) is 0 Å². The number of unbranched alkanes of at least 4 members (excludes halogenated alkanes) is 10. The summed E-state index contributed by atoms with van der Waals surface area (Å²) in [6.45, 7) is 4.33. The molecule has 1 amide bonds. The molecule has 8 nitrogen and oxygen atoms in total. The second-order valence-electron chi connectivity index (χ2n) is 12.8. The second kappa shape index (κ2) is 20.7. The molecular weight excluding hydrogens is 730 g/mol. The Morgan fingerprint density at radius 1 is 0.804 bits per heavy atom. The molecule has 0 saturated heterocycles. The molecule has 276 valence electrons. The van der Waals surface area contributed by atoms with Gasteiger partial charge in [0.2, 0.25) is 0 Å². The number of carbonyl (C=O) groups excluding carboxylic acids is 1. The Labute approximate surface area is 320 Å². The molecule has 1 unspecified atom stereocenters. The zero-order chi connectivity index (χ0) is 36.8. The maximum Gasteiger partial charge on any atom is 0.273 e. The zero-order valence-corrected chi connectivity index (χ0v) is 32.3. The van der Waals surface area contributed by atoms with Gasteiger partial charge in [0.25, 0.3) is 11.5 Å². The summed E-state index contributed by atoms with van der Waals surface area (Å²) in [4.78, 5) is 26.6. The smallest absolute Gasteiger partial charge is 0.273 e.